The molecule has 0 heterocycles. The molecule has 3 aliphatic rings. The Morgan fingerprint density at radius 1 is 1.03 bits per heavy atom. The molecule has 0 saturated heterocycles. The number of amides is 2. The van der Waals surface area contributed by atoms with E-state index in [1.54, 1.807) is 6.92 Å². The van der Waals surface area contributed by atoms with Crippen molar-refractivity contribution in [2.24, 2.45) is 16.7 Å². The number of halogens is 1. The summed E-state index contributed by atoms with van der Waals surface area (Å²) in [5, 5.41) is 15.5. The maximum absolute atomic E-state index is 14.8. The van der Waals surface area contributed by atoms with E-state index in [0.717, 1.165) is 25.3 Å². The van der Waals surface area contributed by atoms with Crippen LogP contribution in [0.4, 0.5) is 4.39 Å². The number of carboxylic acid groups (broad SMARTS) is 1. The number of carboxylic acids is 1. The SMILES string of the molecule is COc1cc(F)c(OC2CCC(C)(C(=O)O)CC2)cc1C(=O)NC1CCCC1C(=O)NCC1(C)CCC1. The third kappa shape index (κ3) is 6.02. The van der Waals surface area contributed by atoms with Crippen molar-refractivity contribution in [3.63, 3.8) is 0 Å². The summed E-state index contributed by atoms with van der Waals surface area (Å²) in [4.78, 5) is 37.7. The Morgan fingerprint density at radius 2 is 1.73 bits per heavy atom. The summed E-state index contributed by atoms with van der Waals surface area (Å²) in [6.07, 6.45) is 7.16. The summed E-state index contributed by atoms with van der Waals surface area (Å²) >= 11 is 0. The van der Waals surface area contributed by atoms with E-state index in [4.69, 9.17) is 9.47 Å². The molecule has 9 heteroatoms. The number of carbonyl (C=O) groups is 3. The van der Waals surface area contributed by atoms with Gasteiger partial charge in [-0.05, 0) is 69.8 Å². The van der Waals surface area contributed by atoms with Gasteiger partial charge in [-0.25, -0.2) is 4.39 Å². The molecule has 2 unspecified atom stereocenters. The van der Waals surface area contributed by atoms with Gasteiger partial charge in [0.1, 0.15) is 5.75 Å². The van der Waals surface area contributed by atoms with Crippen molar-refractivity contribution in [1.82, 2.24) is 10.6 Å². The van der Waals surface area contributed by atoms with E-state index in [2.05, 4.69) is 17.6 Å². The number of carbonyl (C=O) groups excluding carboxylic acids is 2. The van der Waals surface area contributed by atoms with E-state index in [0.29, 0.717) is 45.1 Å². The van der Waals surface area contributed by atoms with Crippen LogP contribution in [-0.2, 0) is 9.59 Å². The van der Waals surface area contributed by atoms with Crippen molar-refractivity contribution in [1.29, 1.82) is 0 Å². The van der Waals surface area contributed by atoms with Crippen molar-refractivity contribution in [3.8, 4) is 11.5 Å². The summed E-state index contributed by atoms with van der Waals surface area (Å²) in [5.74, 6) is -2.25. The van der Waals surface area contributed by atoms with Gasteiger partial charge in [-0.1, -0.05) is 19.8 Å². The predicted molar refractivity (Wildman–Crippen MR) is 135 cm³/mol. The fourth-order valence-electron chi connectivity index (χ4n) is 5.79. The third-order valence-electron chi connectivity index (χ3n) is 8.76. The van der Waals surface area contributed by atoms with Crippen LogP contribution in [0.3, 0.4) is 0 Å². The molecule has 1 aromatic rings. The molecule has 3 N–H and O–H groups in total. The number of aliphatic carboxylic acids is 1. The van der Waals surface area contributed by atoms with Crippen molar-refractivity contribution in [2.45, 2.75) is 90.2 Å². The van der Waals surface area contributed by atoms with E-state index in [9.17, 15) is 23.9 Å². The van der Waals surface area contributed by atoms with Crippen molar-refractivity contribution < 1.29 is 33.4 Å². The lowest BCUT2D eigenvalue weighted by Gasteiger charge is -2.38. The zero-order chi connectivity index (χ0) is 26.8. The van der Waals surface area contributed by atoms with Crippen LogP contribution in [0.25, 0.3) is 0 Å². The number of ether oxygens (including phenoxy) is 2. The summed E-state index contributed by atoms with van der Waals surface area (Å²) in [6.45, 7) is 4.55. The molecule has 37 heavy (non-hydrogen) atoms. The van der Waals surface area contributed by atoms with Gasteiger partial charge in [0.2, 0.25) is 5.91 Å². The molecule has 4 rings (SSSR count). The second-order valence-electron chi connectivity index (χ2n) is 11.7. The molecule has 0 spiro atoms. The third-order valence-corrected chi connectivity index (χ3v) is 8.76. The van der Waals surface area contributed by atoms with Gasteiger partial charge in [0, 0.05) is 18.7 Å². The van der Waals surface area contributed by atoms with E-state index in [1.165, 1.54) is 19.6 Å². The molecule has 0 bridgehead atoms. The smallest absolute Gasteiger partial charge is 0.309 e. The standard InChI is InChI=1S/C28H39FN2O6/c1-27(10-5-11-27)16-30-24(32)18-6-4-7-21(18)31-25(33)19-14-23(20(29)15-22(19)36-3)37-17-8-12-28(2,13-9-17)26(34)35/h14-15,17-18,21H,4-13,16H2,1-3H3,(H,30,32)(H,31,33)(H,34,35). The molecular weight excluding hydrogens is 479 g/mol. The van der Waals surface area contributed by atoms with Crippen LogP contribution in [0.15, 0.2) is 12.1 Å². The molecule has 3 aliphatic carbocycles. The number of methoxy groups -OCH3 is 1. The Balaban J connectivity index is 1.41. The Morgan fingerprint density at radius 3 is 2.32 bits per heavy atom. The van der Waals surface area contributed by atoms with Gasteiger partial charge in [0.25, 0.3) is 5.91 Å². The monoisotopic (exact) mass is 518 g/mol. The topological polar surface area (TPSA) is 114 Å². The molecule has 1 aromatic carbocycles. The largest absolute Gasteiger partial charge is 0.496 e. The van der Waals surface area contributed by atoms with Gasteiger partial charge in [-0.2, -0.15) is 0 Å². The highest BCUT2D eigenvalue weighted by Gasteiger charge is 2.39. The zero-order valence-corrected chi connectivity index (χ0v) is 22.0. The van der Waals surface area contributed by atoms with Crippen LogP contribution < -0.4 is 20.1 Å². The van der Waals surface area contributed by atoms with Crippen LogP contribution >= 0.6 is 0 Å². The van der Waals surface area contributed by atoms with E-state index in [-0.39, 0.29) is 46.4 Å². The van der Waals surface area contributed by atoms with Gasteiger partial charge < -0.3 is 25.2 Å². The quantitative estimate of drug-likeness (QED) is 0.445. The summed E-state index contributed by atoms with van der Waals surface area (Å²) in [7, 11) is 1.37. The fourth-order valence-corrected chi connectivity index (χ4v) is 5.79. The Kier molecular flexibility index (Phi) is 7.99. The minimum atomic E-state index is -0.836. The van der Waals surface area contributed by atoms with Crippen LogP contribution in [0, 0.1) is 22.6 Å². The van der Waals surface area contributed by atoms with Crippen LogP contribution in [0.2, 0.25) is 0 Å². The fraction of sp³-hybridized carbons (Fsp3) is 0.679. The molecule has 0 aliphatic heterocycles. The van der Waals surface area contributed by atoms with Gasteiger partial charge >= 0.3 is 5.97 Å². The first-order chi connectivity index (χ1) is 17.5. The van der Waals surface area contributed by atoms with Gasteiger partial charge in [0.15, 0.2) is 11.6 Å². The molecule has 2 amide bonds. The lowest BCUT2D eigenvalue weighted by molar-refractivity contribution is -0.150. The number of rotatable bonds is 9. The van der Waals surface area contributed by atoms with Crippen LogP contribution in [0.5, 0.6) is 11.5 Å². The maximum atomic E-state index is 14.8. The first-order valence-electron chi connectivity index (χ1n) is 13.4. The zero-order valence-electron chi connectivity index (χ0n) is 22.0. The highest BCUT2D eigenvalue weighted by Crippen LogP contribution is 2.40. The predicted octanol–water partition coefficient (Wildman–Crippen LogP) is 4.45. The number of nitrogens with one attached hydrogen (secondary N) is 2. The molecular formula is C28H39FN2O6. The Labute approximate surface area is 217 Å². The first-order valence-corrected chi connectivity index (χ1v) is 13.4. The molecule has 0 radical (unpaired) electrons. The van der Waals surface area contributed by atoms with Crippen molar-refractivity contribution in [3.05, 3.63) is 23.5 Å². The first kappa shape index (κ1) is 27.2. The molecule has 3 fully saturated rings. The highest BCUT2D eigenvalue weighted by atomic mass is 19.1. The second kappa shape index (κ2) is 10.9. The molecule has 2 atom stereocenters. The van der Waals surface area contributed by atoms with E-state index < -0.39 is 23.1 Å². The molecule has 204 valence electrons. The average Bonchev–Trinajstić information content (AvgIpc) is 3.31. The second-order valence-corrected chi connectivity index (χ2v) is 11.7. The van der Waals surface area contributed by atoms with Gasteiger partial charge in [-0.3, -0.25) is 14.4 Å². The minimum absolute atomic E-state index is 0.0309. The summed E-state index contributed by atoms with van der Waals surface area (Å²) in [6, 6.07) is 2.16. The van der Waals surface area contributed by atoms with E-state index >= 15 is 0 Å². The Bertz CT molecular complexity index is 1030. The van der Waals surface area contributed by atoms with Crippen molar-refractivity contribution in [2.75, 3.05) is 13.7 Å². The lowest BCUT2D eigenvalue weighted by atomic mass is 9.70. The highest BCUT2D eigenvalue weighted by molar-refractivity contribution is 5.98. The number of benzene rings is 1. The normalized spacial score (nSPS) is 28.6. The van der Waals surface area contributed by atoms with Crippen molar-refractivity contribution >= 4 is 17.8 Å². The summed E-state index contributed by atoms with van der Waals surface area (Å²) in [5.41, 5.74) is -0.489. The summed E-state index contributed by atoms with van der Waals surface area (Å²) < 4.78 is 26.0. The average molecular weight is 519 g/mol. The Hall–Kier alpha value is -2.84. The van der Waals surface area contributed by atoms with Gasteiger partial charge in [0.05, 0.1) is 30.1 Å². The van der Waals surface area contributed by atoms with E-state index in [1.807, 2.05) is 0 Å². The van der Waals surface area contributed by atoms with Gasteiger partial charge in [-0.15, -0.1) is 0 Å². The van der Waals surface area contributed by atoms with Crippen LogP contribution in [-0.4, -0.2) is 48.7 Å². The van der Waals surface area contributed by atoms with Crippen LogP contribution in [0.1, 0.15) is 88.4 Å². The molecule has 8 nitrogen and oxygen atoms in total. The number of hydrogen-bond acceptors (Lipinski definition) is 5. The maximum Gasteiger partial charge on any atom is 0.309 e. The molecule has 0 aromatic heterocycles. The molecule has 3 saturated carbocycles. The minimum Gasteiger partial charge on any atom is -0.496 e. The number of hydrogen-bond donors (Lipinski definition) is 3. The lowest BCUT2D eigenvalue weighted by Crippen LogP contribution is -2.47.